The minimum atomic E-state index is -0.350. The van der Waals surface area contributed by atoms with Crippen molar-refractivity contribution in [2.75, 3.05) is 11.9 Å². The second kappa shape index (κ2) is 6.63. The first-order valence-electron chi connectivity index (χ1n) is 6.23. The molecule has 1 aromatic carbocycles. The van der Waals surface area contributed by atoms with Crippen LogP contribution in [0.4, 0.5) is 15.9 Å². The van der Waals surface area contributed by atoms with Gasteiger partial charge in [0.25, 0.3) is 0 Å². The standard InChI is InChI=1S/C14H15ClFN3O/c1-3-20-8-14-18-12(15)7-13(19-14)17-11-6-9(2)4-5-10(11)16/h4-7H,3,8H2,1-2H3,(H,17,18,19). The van der Waals surface area contributed by atoms with E-state index in [-0.39, 0.29) is 17.6 Å². The maximum absolute atomic E-state index is 13.7. The number of anilines is 2. The van der Waals surface area contributed by atoms with E-state index in [1.807, 2.05) is 13.8 Å². The average Bonchev–Trinajstić information content (AvgIpc) is 2.40. The number of nitrogens with one attached hydrogen (secondary N) is 1. The van der Waals surface area contributed by atoms with E-state index in [1.165, 1.54) is 6.07 Å². The Morgan fingerprint density at radius 3 is 2.85 bits per heavy atom. The molecule has 0 aliphatic rings. The molecule has 0 fully saturated rings. The van der Waals surface area contributed by atoms with Gasteiger partial charge in [0.05, 0.1) is 5.69 Å². The first kappa shape index (κ1) is 14.7. The molecule has 2 rings (SSSR count). The molecule has 6 heteroatoms. The highest BCUT2D eigenvalue weighted by atomic mass is 35.5. The molecule has 0 aliphatic carbocycles. The third-order valence-electron chi connectivity index (χ3n) is 2.56. The molecule has 0 spiro atoms. The Bertz CT molecular complexity index is 607. The van der Waals surface area contributed by atoms with Crippen LogP contribution in [-0.4, -0.2) is 16.6 Å². The molecule has 20 heavy (non-hydrogen) atoms. The van der Waals surface area contributed by atoms with Crippen LogP contribution in [0, 0.1) is 12.7 Å². The van der Waals surface area contributed by atoms with Gasteiger partial charge in [-0.3, -0.25) is 0 Å². The summed E-state index contributed by atoms with van der Waals surface area (Å²) >= 11 is 5.93. The molecule has 0 saturated heterocycles. The minimum absolute atomic E-state index is 0.266. The number of nitrogens with zero attached hydrogens (tertiary/aromatic N) is 2. The lowest BCUT2D eigenvalue weighted by Gasteiger charge is -2.09. The Balaban J connectivity index is 2.24. The fraction of sp³-hybridized carbons (Fsp3) is 0.286. The maximum Gasteiger partial charge on any atom is 0.158 e. The Labute approximate surface area is 122 Å². The van der Waals surface area contributed by atoms with Crippen molar-refractivity contribution in [2.45, 2.75) is 20.5 Å². The second-order valence-corrected chi connectivity index (χ2v) is 4.62. The summed E-state index contributed by atoms with van der Waals surface area (Å²) in [5.74, 6) is 0.538. The van der Waals surface area contributed by atoms with Crippen LogP contribution in [0.15, 0.2) is 24.3 Å². The monoisotopic (exact) mass is 295 g/mol. The molecule has 1 N–H and O–H groups in total. The Morgan fingerprint density at radius 2 is 2.10 bits per heavy atom. The molecular formula is C14H15ClFN3O. The molecule has 0 unspecified atom stereocenters. The van der Waals surface area contributed by atoms with Gasteiger partial charge in [0.15, 0.2) is 5.82 Å². The SMILES string of the molecule is CCOCc1nc(Cl)cc(Nc2cc(C)ccc2F)n1. The van der Waals surface area contributed by atoms with Crippen molar-refractivity contribution in [3.8, 4) is 0 Å². The third-order valence-corrected chi connectivity index (χ3v) is 2.75. The quantitative estimate of drug-likeness (QED) is 0.851. The zero-order chi connectivity index (χ0) is 14.5. The van der Waals surface area contributed by atoms with E-state index in [4.69, 9.17) is 16.3 Å². The van der Waals surface area contributed by atoms with E-state index < -0.39 is 0 Å². The Hall–Kier alpha value is -1.72. The molecule has 0 atom stereocenters. The fourth-order valence-electron chi connectivity index (χ4n) is 1.66. The first-order valence-corrected chi connectivity index (χ1v) is 6.60. The lowest BCUT2D eigenvalue weighted by atomic mass is 10.2. The van der Waals surface area contributed by atoms with Crippen LogP contribution in [0.3, 0.4) is 0 Å². The van der Waals surface area contributed by atoms with Gasteiger partial charge in [-0.15, -0.1) is 0 Å². The summed E-state index contributed by atoms with van der Waals surface area (Å²) in [7, 11) is 0. The van der Waals surface area contributed by atoms with E-state index in [0.29, 0.717) is 23.9 Å². The van der Waals surface area contributed by atoms with E-state index in [1.54, 1.807) is 18.2 Å². The molecule has 0 amide bonds. The van der Waals surface area contributed by atoms with Crippen molar-refractivity contribution in [2.24, 2.45) is 0 Å². The summed E-state index contributed by atoms with van der Waals surface area (Å²) in [6.07, 6.45) is 0. The molecule has 2 aromatic rings. The number of hydrogen-bond donors (Lipinski definition) is 1. The second-order valence-electron chi connectivity index (χ2n) is 4.24. The molecule has 0 radical (unpaired) electrons. The summed E-state index contributed by atoms with van der Waals surface area (Å²) in [5, 5.41) is 3.19. The summed E-state index contributed by atoms with van der Waals surface area (Å²) < 4.78 is 18.9. The molecule has 4 nitrogen and oxygen atoms in total. The number of aryl methyl sites for hydroxylation is 1. The number of hydrogen-bond acceptors (Lipinski definition) is 4. The van der Waals surface area contributed by atoms with Crippen LogP contribution < -0.4 is 5.32 Å². The predicted octanol–water partition coefficient (Wildman–Crippen LogP) is 3.86. The van der Waals surface area contributed by atoms with Gasteiger partial charge in [0.1, 0.15) is 23.4 Å². The minimum Gasteiger partial charge on any atom is -0.374 e. The third kappa shape index (κ3) is 3.88. The summed E-state index contributed by atoms with van der Waals surface area (Å²) in [5.41, 5.74) is 1.30. The topological polar surface area (TPSA) is 47.0 Å². The van der Waals surface area contributed by atoms with E-state index in [9.17, 15) is 4.39 Å². The van der Waals surface area contributed by atoms with Crippen LogP contribution in [0.1, 0.15) is 18.3 Å². The molecule has 106 valence electrons. The molecular weight excluding hydrogens is 281 g/mol. The average molecular weight is 296 g/mol. The van der Waals surface area contributed by atoms with Crippen LogP contribution in [0.5, 0.6) is 0 Å². The first-order chi connectivity index (χ1) is 9.58. The Morgan fingerprint density at radius 1 is 1.30 bits per heavy atom. The van der Waals surface area contributed by atoms with Crippen LogP contribution in [0.2, 0.25) is 5.15 Å². The summed E-state index contributed by atoms with van der Waals surface area (Å²) in [6, 6.07) is 6.35. The van der Waals surface area contributed by atoms with Gasteiger partial charge in [-0.25, -0.2) is 14.4 Å². The van der Waals surface area contributed by atoms with Crippen molar-refractivity contribution in [1.29, 1.82) is 0 Å². The molecule has 0 aliphatic heterocycles. The normalized spacial score (nSPS) is 10.6. The van der Waals surface area contributed by atoms with Gasteiger partial charge in [0.2, 0.25) is 0 Å². The number of ether oxygens (including phenoxy) is 1. The lowest BCUT2D eigenvalue weighted by Crippen LogP contribution is -2.03. The van der Waals surface area contributed by atoms with Gasteiger partial charge in [-0.2, -0.15) is 0 Å². The van der Waals surface area contributed by atoms with Crippen molar-refractivity contribution in [1.82, 2.24) is 9.97 Å². The number of benzene rings is 1. The van der Waals surface area contributed by atoms with E-state index in [2.05, 4.69) is 15.3 Å². The number of aromatic nitrogens is 2. The largest absolute Gasteiger partial charge is 0.374 e. The highest BCUT2D eigenvalue weighted by Gasteiger charge is 2.07. The van der Waals surface area contributed by atoms with Crippen molar-refractivity contribution in [3.05, 3.63) is 46.6 Å². The highest BCUT2D eigenvalue weighted by Crippen LogP contribution is 2.21. The van der Waals surface area contributed by atoms with Crippen LogP contribution in [0.25, 0.3) is 0 Å². The highest BCUT2D eigenvalue weighted by molar-refractivity contribution is 6.29. The molecule has 0 bridgehead atoms. The number of halogens is 2. The summed E-state index contributed by atoms with van der Waals surface area (Å²) in [4.78, 5) is 8.29. The zero-order valence-corrected chi connectivity index (χ0v) is 12.0. The van der Waals surface area contributed by atoms with Crippen LogP contribution >= 0.6 is 11.6 Å². The van der Waals surface area contributed by atoms with Gasteiger partial charge >= 0.3 is 0 Å². The van der Waals surface area contributed by atoms with Crippen molar-refractivity contribution in [3.63, 3.8) is 0 Å². The lowest BCUT2D eigenvalue weighted by molar-refractivity contribution is 0.128. The van der Waals surface area contributed by atoms with Crippen LogP contribution in [-0.2, 0) is 11.3 Å². The molecule has 1 heterocycles. The van der Waals surface area contributed by atoms with Gasteiger partial charge < -0.3 is 10.1 Å². The summed E-state index contributed by atoms with van der Waals surface area (Å²) in [6.45, 7) is 4.59. The van der Waals surface area contributed by atoms with Gasteiger partial charge in [-0.1, -0.05) is 17.7 Å². The van der Waals surface area contributed by atoms with E-state index >= 15 is 0 Å². The van der Waals surface area contributed by atoms with E-state index in [0.717, 1.165) is 5.56 Å². The fourth-order valence-corrected chi connectivity index (χ4v) is 1.86. The smallest absolute Gasteiger partial charge is 0.158 e. The van der Waals surface area contributed by atoms with Gasteiger partial charge in [-0.05, 0) is 31.5 Å². The zero-order valence-electron chi connectivity index (χ0n) is 11.3. The van der Waals surface area contributed by atoms with Gasteiger partial charge in [0, 0.05) is 12.7 Å². The molecule has 0 saturated carbocycles. The predicted molar refractivity (Wildman–Crippen MR) is 76.8 cm³/mol. The Kier molecular flexibility index (Phi) is 4.87. The van der Waals surface area contributed by atoms with Crippen molar-refractivity contribution >= 4 is 23.1 Å². The number of rotatable bonds is 5. The maximum atomic E-state index is 13.7. The molecule has 1 aromatic heterocycles. The van der Waals surface area contributed by atoms with Crippen molar-refractivity contribution < 1.29 is 9.13 Å².